The van der Waals surface area contributed by atoms with Gasteiger partial charge in [0.25, 0.3) is 5.91 Å². The van der Waals surface area contributed by atoms with Crippen LogP contribution in [0, 0.1) is 0 Å². The van der Waals surface area contributed by atoms with Gasteiger partial charge in [0.05, 0.1) is 30.8 Å². The summed E-state index contributed by atoms with van der Waals surface area (Å²) in [7, 11) is 3.20. The van der Waals surface area contributed by atoms with E-state index in [1.54, 1.807) is 54.9 Å². The predicted octanol–water partition coefficient (Wildman–Crippen LogP) is 2.90. The SMILES string of the molecule is COCCOc1cc2cn(-c3nc(C(=O)Nc4cnccc4N4CCNCC4)cs3)c(O)c2cc1OCCOC. The van der Waals surface area contributed by atoms with Gasteiger partial charge in [-0.05, 0) is 18.2 Å². The van der Waals surface area contributed by atoms with Crippen molar-refractivity contribution in [3.63, 3.8) is 0 Å². The van der Waals surface area contributed by atoms with Crippen molar-refractivity contribution < 1.29 is 28.8 Å². The molecule has 13 heteroatoms. The second-order valence-electron chi connectivity index (χ2n) is 8.99. The quantitative estimate of drug-likeness (QED) is 0.219. The van der Waals surface area contributed by atoms with E-state index in [9.17, 15) is 9.90 Å². The number of anilines is 2. The van der Waals surface area contributed by atoms with Crippen LogP contribution in [0.3, 0.4) is 0 Å². The van der Waals surface area contributed by atoms with Crippen molar-refractivity contribution in [2.24, 2.45) is 0 Å². The second kappa shape index (κ2) is 13.0. The third kappa shape index (κ3) is 6.12. The first-order valence-corrected chi connectivity index (χ1v) is 13.8. The number of carbonyl (C=O) groups excluding carboxylic acids is 1. The van der Waals surface area contributed by atoms with Crippen LogP contribution in [-0.2, 0) is 9.47 Å². The van der Waals surface area contributed by atoms with Gasteiger partial charge in [0.2, 0.25) is 5.88 Å². The summed E-state index contributed by atoms with van der Waals surface area (Å²) in [6.45, 7) is 4.92. The maximum absolute atomic E-state index is 13.1. The van der Waals surface area contributed by atoms with Gasteiger partial charge in [-0.1, -0.05) is 0 Å². The molecule has 3 aromatic heterocycles. The fraction of sp³-hybridized carbons (Fsp3) is 0.370. The van der Waals surface area contributed by atoms with Gasteiger partial charge >= 0.3 is 0 Å². The number of aromatic nitrogens is 3. The smallest absolute Gasteiger partial charge is 0.275 e. The van der Waals surface area contributed by atoms with E-state index in [1.807, 2.05) is 6.07 Å². The maximum atomic E-state index is 13.1. The van der Waals surface area contributed by atoms with Gasteiger partial charge < -0.3 is 39.6 Å². The Hall–Kier alpha value is -3.91. The fourth-order valence-corrected chi connectivity index (χ4v) is 5.16. The normalized spacial score (nSPS) is 13.5. The summed E-state index contributed by atoms with van der Waals surface area (Å²) in [4.78, 5) is 24.1. The van der Waals surface area contributed by atoms with Crippen LogP contribution >= 0.6 is 11.3 Å². The van der Waals surface area contributed by atoms with Gasteiger partial charge in [-0.25, -0.2) is 4.98 Å². The van der Waals surface area contributed by atoms with Gasteiger partial charge in [0.1, 0.15) is 18.9 Å². The molecule has 0 saturated carbocycles. The summed E-state index contributed by atoms with van der Waals surface area (Å²) in [5.41, 5.74) is 1.78. The van der Waals surface area contributed by atoms with Gasteiger partial charge in [0.15, 0.2) is 16.6 Å². The monoisotopic (exact) mass is 568 g/mol. The Labute approximate surface area is 235 Å². The molecule has 0 unspecified atom stereocenters. The number of benzene rings is 1. The number of pyridine rings is 1. The zero-order chi connectivity index (χ0) is 27.9. The molecule has 0 atom stereocenters. The molecule has 12 nitrogen and oxygen atoms in total. The number of nitrogens with zero attached hydrogens (tertiary/aromatic N) is 4. The summed E-state index contributed by atoms with van der Waals surface area (Å²) in [5, 5.41) is 20.7. The number of rotatable bonds is 12. The lowest BCUT2D eigenvalue weighted by Crippen LogP contribution is -2.43. The average molecular weight is 569 g/mol. The fourth-order valence-electron chi connectivity index (χ4n) is 4.38. The van der Waals surface area contributed by atoms with Crippen LogP contribution < -0.4 is 25.0 Å². The number of fused-ring (bicyclic) bond motifs is 1. The Bertz CT molecular complexity index is 1450. The van der Waals surface area contributed by atoms with E-state index in [-0.39, 0.29) is 17.5 Å². The Kier molecular flexibility index (Phi) is 8.96. The number of aromatic hydroxyl groups is 1. The van der Waals surface area contributed by atoms with E-state index in [0.29, 0.717) is 54.1 Å². The number of amides is 1. The Morgan fingerprint density at radius 3 is 2.55 bits per heavy atom. The van der Waals surface area contributed by atoms with Crippen LogP contribution in [0.15, 0.2) is 42.2 Å². The second-order valence-corrected chi connectivity index (χ2v) is 9.83. The van der Waals surface area contributed by atoms with Crippen LogP contribution in [0.2, 0.25) is 0 Å². The third-order valence-electron chi connectivity index (χ3n) is 6.38. The molecule has 5 rings (SSSR count). The van der Waals surface area contributed by atoms with Crippen LogP contribution in [0.25, 0.3) is 15.9 Å². The first kappa shape index (κ1) is 27.6. The van der Waals surface area contributed by atoms with Gasteiger partial charge in [-0.3, -0.25) is 14.3 Å². The molecule has 212 valence electrons. The zero-order valence-corrected chi connectivity index (χ0v) is 23.2. The minimum absolute atomic E-state index is 0.0235. The molecule has 0 spiro atoms. The van der Waals surface area contributed by atoms with Gasteiger partial charge in [-0.2, -0.15) is 0 Å². The van der Waals surface area contributed by atoms with E-state index < -0.39 is 0 Å². The number of ether oxygens (including phenoxy) is 4. The summed E-state index contributed by atoms with van der Waals surface area (Å²) in [5.74, 6) is 0.619. The molecule has 1 aliphatic heterocycles. The highest BCUT2D eigenvalue weighted by molar-refractivity contribution is 7.12. The number of nitrogens with one attached hydrogen (secondary N) is 2. The Morgan fingerprint density at radius 2 is 1.82 bits per heavy atom. The lowest BCUT2D eigenvalue weighted by Gasteiger charge is -2.30. The largest absolute Gasteiger partial charge is 0.494 e. The molecule has 1 amide bonds. The van der Waals surface area contributed by atoms with Gasteiger partial charge in [-0.15, -0.1) is 11.3 Å². The van der Waals surface area contributed by atoms with Crippen molar-refractivity contribution >= 4 is 39.4 Å². The van der Waals surface area contributed by atoms with Crippen molar-refractivity contribution in [1.29, 1.82) is 0 Å². The Morgan fingerprint density at radius 1 is 1.10 bits per heavy atom. The number of methoxy groups -OCH3 is 2. The summed E-state index contributed by atoms with van der Waals surface area (Å²) in [6.07, 6.45) is 5.11. The summed E-state index contributed by atoms with van der Waals surface area (Å²) in [6, 6.07) is 5.42. The highest BCUT2D eigenvalue weighted by Gasteiger charge is 2.20. The van der Waals surface area contributed by atoms with Crippen molar-refractivity contribution in [3.05, 3.63) is 47.9 Å². The lowest BCUT2D eigenvalue weighted by atomic mass is 10.2. The minimum Gasteiger partial charge on any atom is -0.494 e. The van der Waals surface area contributed by atoms with E-state index in [4.69, 9.17) is 18.9 Å². The first-order valence-electron chi connectivity index (χ1n) is 12.9. The number of hydrogen-bond donors (Lipinski definition) is 3. The van der Waals surface area contributed by atoms with E-state index >= 15 is 0 Å². The highest BCUT2D eigenvalue weighted by atomic mass is 32.1. The molecule has 0 aliphatic carbocycles. The topological polar surface area (TPSA) is 132 Å². The molecule has 1 saturated heterocycles. The van der Waals surface area contributed by atoms with Crippen LogP contribution in [0.1, 0.15) is 10.5 Å². The standard InChI is InChI=1S/C27H32N6O6S/c1-36-9-11-38-23-13-18-16-33(26(35)19(18)14-24(23)39-12-10-37-2)27-31-21(17-40-27)25(34)30-20-15-29-4-3-22(20)32-7-5-28-6-8-32/h3-4,13-17,28,35H,5-12H2,1-2H3,(H,30,34). The van der Waals surface area contributed by atoms with Crippen molar-refractivity contribution in [3.8, 4) is 22.5 Å². The van der Waals surface area contributed by atoms with Crippen LogP contribution in [0.4, 0.5) is 11.4 Å². The van der Waals surface area contributed by atoms with Crippen LogP contribution in [0.5, 0.6) is 17.4 Å². The summed E-state index contributed by atoms with van der Waals surface area (Å²) >= 11 is 1.25. The van der Waals surface area contributed by atoms with Crippen LogP contribution in [-0.4, -0.2) is 92.4 Å². The lowest BCUT2D eigenvalue weighted by molar-refractivity contribution is 0.102. The predicted molar refractivity (Wildman–Crippen MR) is 153 cm³/mol. The highest BCUT2D eigenvalue weighted by Crippen LogP contribution is 2.39. The molecular formula is C27H32N6O6S. The van der Waals surface area contributed by atoms with Crippen molar-refractivity contribution in [1.82, 2.24) is 19.9 Å². The summed E-state index contributed by atoms with van der Waals surface area (Å²) < 4.78 is 23.4. The number of piperazine rings is 1. The number of hydrogen-bond acceptors (Lipinski definition) is 11. The molecule has 3 N–H and O–H groups in total. The molecule has 0 radical (unpaired) electrons. The van der Waals surface area contributed by atoms with Crippen molar-refractivity contribution in [2.45, 2.75) is 0 Å². The van der Waals surface area contributed by atoms with E-state index in [1.165, 1.54) is 11.3 Å². The molecule has 40 heavy (non-hydrogen) atoms. The maximum Gasteiger partial charge on any atom is 0.275 e. The average Bonchev–Trinajstić information content (AvgIpc) is 3.59. The van der Waals surface area contributed by atoms with Gasteiger partial charge in [0, 0.05) is 68.9 Å². The first-order chi connectivity index (χ1) is 19.6. The Balaban J connectivity index is 1.38. The number of thiazole rings is 1. The number of carbonyl (C=O) groups is 1. The van der Waals surface area contributed by atoms with E-state index in [0.717, 1.165) is 37.3 Å². The molecule has 1 aliphatic rings. The molecule has 4 aromatic rings. The zero-order valence-electron chi connectivity index (χ0n) is 22.4. The van der Waals surface area contributed by atoms with E-state index in [2.05, 4.69) is 25.5 Å². The minimum atomic E-state index is -0.356. The molecule has 1 fully saturated rings. The van der Waals surface area contributed by atoms with Crippen molar-refractivity contribution in [2.75, 3.05) is 77.0 Å². The molecular weight excluding hydrogens is 536 g/mol. The third-order valence-corrected chi connectivity index (χ3v) is 7.22. The molecule has 4 heterocycles. The molecule has 1 aromatic carbocycles. The molecule has 0 bridgehead atoms.